The lowest BCUT2D eigenvalue weighted by atomic mass is 10.0. The molecule has 0 fully saturated rings. The molecule has 1 aromatic carbocycles. The zero-order valence-electron chi connectivity index (χ0n) is 5.39. The van der Waals surface area contributed by atoms with E-state index in [0.29, 0.717) is 0 Å². The third kappa shape index (κ3) is 0.347. The molecule has 2 aliphatic heterocycles. The average molecular weight is 134 g/mol. The molecule has 0 spiro atoms. The van der Waals surface area contributed by atoms with Gasteiger partial charge in [0.1, 0.15) is 24.7 Å². The lowest BCUT2D eigenvalue weighted by molar-refractivity contribution is 0.192. The van der Waals surface area contributed by atoms with E-state index in [4.69, 9.17) is 9.47 Å². The largest absolute Gasteiger partial charge is 0.488 e. The quantitative estimate of drug-likeness (QED) is 0.535. The number of benzene rings is 1. The van der Waals surface area contributed by atoms with Crippen molar-refractivity contribution in [1.82, 2.24) is 0 Å². The molecule has 0 saturated heterocycles. The van der Waals surface area contributed by atoms with Crippen LogP contribution >= 0.6 is 0 Å². The first-order valence-electron chi connectivity index (χ1n) is 3.35. The molecule has 1 aromatic rings. The average Bonchev–Trinajstić information content (AvgIpc) is 1.84. The van der Waals surface area contributed by atoms with Crippen molar-refractivity contribution in [2.75, 3.05) is 0 Å². The Morgan fingerprint density at radius 2 is 2.10 bits per heavy atom. The zero-order chi connectivity index (χ0) is 6.55. The van der Waals surface area contributed by atoms with Gasteiger partial charge in [0, 0.05) is 5.56 Å². The second kappa shape index (κ2) is 1.29. The van der Waals surface area contributed by atoms with Crippen molar-refractivity contribution in [2.24, 2.45) is 0 Å². The smallest absolute Gasteiger partial charge is 0.136 e. The van der Waals surface area contributed by atoms with Gasteiger partial charge in [0.2, 0.25) is 0 Å². The molecule has 2 aliphatic rings. The Bertz CT molecular complexity index is 273. The van der Waals surface area contributed by atoms with Crippen LogP contribution in [0, 0.1) is 0 Å². The maximum absolute atomic E-state index is 5.26. The van der Waals surface area contributed by atoms with E-state index in [1.165, 1.54) is 11.1 Å². The number of hydrogen-bond acceptors (Lipinski definition) is 2. The minimum absolute atomic E-state index is 0.735. The predicted octanol–water partition coefficient (Wildman–Crippen LogP) is 1.47. The molecule has 2 heterocycles. The van der Waals surface area contributed by atoms with Crippen molar-refractivity contribution in [3.8, 4) is 11.5 Å². The summed E-state index contributed by atoms with van der Waals surface area (Å²) in [5.41, 5.74) is 2.57. The van der Waals surface area contributed by atoms with E-state index < -0.39 is 0 Å². The Balaban J connectivity index is 2.34. The van der Waals surface area contributed by atoms with E-state index in [-0.39, 0.29) is 0 Å². The molecule has 0 radical (unpaired) electrons. The van der Waals surface area contributed by atoms with Crippen LogP contribution in [-0.4, -0.2) is 0 Å². The Morgan fingerprint density at radius 3 is 2.60 bits per heavy atom. The lowest BCUT2D eigenvalue weighted by Gasteiger charge is -2.30. The number of hydrogen-bond donors (Lipinski definition) is 0. The Morgan fingerprint density at radius 1 is 1.10 bits per heavy atom. The predicted molar refractivity (Wildman–Crippen MR) is 35.1 cm³/mol. The van der Waals surface area contributed by atoms with Crippen molar-refractivity contribution in [1.29, 1.82) is 0 Å². The fourth-order valence-corrected chi connectivity index (χ4v) is 1.36. The van der Waals surface area contributed by atoms with Crippen LogP contribution in [0.15, 0.2) is 12.1 Å². The molecular weight excluding hydrogens is 128 g/mol. The van der Waals surface area contributed by atoms with Crippen LogP contribution in [0.2, 0.25) is 0 Å². The standard InChI is InChI=1S/C8H6O2/c1-2-7-6(4-9-7)8-5(1)3-10-8/h1-2H,3-4H2. The summed E-state index contributed by atoms with van der Waals surface area (Å²) >= 11 is 0. The van der Waals surface area contributed by atoms with E-state index in [1.54, 1.807) is 0 Å². The number of ether oxygens (including phenoxy) is 2. The lowest BCUT2D eigenvalue weighted by Crippen LogP contribution is -2.19. The van der Waals surface area contributed by atoms with Gasteiger partial charge in [-0.05, 0) is 12.1 Å². The van der Waals surface area contributed by atoms with Gasteiger partial charge in [-0.2, -0.15) is 0 Å². The van der Waals surface area contributed by atoms with Gasteiger partial charge in [-0.25, -0.2) is 0 Å². The van der Waals surface area contributed by atoms with E-state index in [9.17, 15) is 0 Å². The molecule has 0 bridgehead atoms. The van der Waals surface area contributed by atoms with Gasteiger partial charge in [-0.15, -0.1) is 0 Å². The molecule has 0 saturated carbocycles. The summed E-state index contributed by atoms with van der Waals surface area (Å²) < 4.78 is 10.4. The number of fused-ring (bicyclic) bond motifs is 3. The third-order valence-electron chi connectivity index (χ3n) is 2.04. The summed E-state index contributed by atoms with van der Waals surface area (Å²) in [4.78, 5) is 0. The highest BCUT2D eigenvalue weighted by Crippen LogP contribution is 2.43. The van der Waals surface area contributed by atoms with E-state index >= 15 is 0 Å². The molecule has 0 aliphatic carbocycles. The first-order chi connectivity index (χ1) is 4.95. The normalized spacial score (nSPS) is 16.8. The van der Waals surface area contributed by atoms with Crippen molar-refractivity contribution in [2.45, 2.75) is 13.2 Å². The second-order valence-electron chi connectivity index (χ2n) is 2.61. The Hall–Kier alpha value is -1.18. The van der Waals surface area contributed by atoms with Gasteiger partial charge >= 0.3 is 0 Å². The fourth-order valence-electron chi connectivity index (χ4n) is 1.36. The molecule has 0 N–H and O–H groups in total. The fraction of sp³-hybridized carbons (Fsp3) is 0.250. The van der Waals surface area contributed by atoms with Crippen LogP contribution in [0.5, 0.6) is 11.5 Å². The number of rotatable bonds is 0. The highest BCUT2D eigenvalue weighted by atomic mass is 16.5. The van der Waals surface area contributed by atoms with Gasteiger partial charge in [0.15, 0.2) is 0 Å². The van der Waals surface area contributed by atoms with E-state index in [0.717, 1.165) is 24.7 Å². The summed E-state index contributed by atoms with van der Waals surface area (Å²) in [6.45, 7) is 1.52. The first-order valence-corrected chi connectivity index (χ1v) is 3.35. The minimum atomic E-state index is 0.735. The van der Waals surface area contributed by atoms with Crippen molar-refractivity contribution < 1.29 is 9.47 Å². The van der Waals surface area contributed by atoms with Crippen molar-refractivity contribution in [3.63, 3.8) is 0 Å². The summed E-state index contributed by atoms with van der Waals surface area (Å²) in [5.74, 6) is 2.07. The summed E-state index contributed by atoms with van der Waals surface area (Å²) in [6.07, 6.45) is 0. The van der Waals surface area contributed by atoms with Gasteiger partial charge < -0.3 is 9.47 Å². The topological polar surface area (TPSA) is 18.5 Å². The van der Waals surface area contributed by atoms with Crippen molar-refractivity contribution >= 4 is 0 Å². The monoisotopic (exact) mass is 134 g/mol. The molecule has 0 aromatic heterocycles. The molecule has 10 heavy (non-hydrogen) atoms. The van der Waals surface area contributed by atoms with Gasteiger partial charge in [-0.3, -0.25) is 0 Å². The molecule has 0 unspecified atom stereocenters. The molecule has 2 heteroatoms. The van der Waals surface area contributed by atoms with E-state index in [1.807, 2.05) is 6.07 Å². The Labute approximate surface area is 58.4 Å². The molecular formula is C8H6O2. The first kappa shape index (κ1) is 4.61. The summed E-state index contributed by atoms with van der Waals surface area (Å²) in [5, 5.41) is 0. The van der Waals surface area contributed by atoms with Crippen LogP contribution in [0.25, 0.3) is 0 Å². The second-order valence-corrected chi connectivity index (χ2v) is 2.61. The van der Waals surface area contributed by atoms with Gasteiger partial charge in [0.25, 0.3) is 0 Å². The summed E-state index contributed by atoms with van der Waals surface area (Å²) in [6, 6.07) is 4.08. The van der Waals surface area contributed by atoms with Gasteiger partial charge in [0.05, 0.1) is 5.56 Å². The zero-order valence-corrected chi connectivity index (χ0v) is 5.39. The van der Waals surface area contributed by atoms with E-state index in [2.05, 4.69) is 6.07 Å². The highest BCUT2D eigenvalue weighted by Gasteiger charge is 2.27. The Kier molecular flexibility index (Phi) is 0.592. The van der Waals surface area contributed by atoms with Crippen LogP contribution in [0.3, 0.4) is 0 Å². The van der Waals surface area contributed by atoms with Crippen LogP contribution < -0.4 is 9.47 Å². The maximum atomic E-state index is 5.26. The molecule has 0 atom stereocenters. The summed E-state index contributed by atoms with van der Waals surface area (Å²) in [7, 11) is 0. The molecule has 50 valence electrons. The molecule has 2 nitrogen and oxygen atoms in total. The third-order valence-corrected chi connectivity index (χ3v) is 2.04. The minimum Gasteiger partial charge on any atom is -0.488 e. The molecule has 3 rings (SSSR count). The SMILES string of the molecule is c1cc2c(c3c1CO3)CO2. The van der Waals surface area contributed by atoms with Crippen LogP contribution in [-0.2, 0) is 13.2 Å². The van der Waals surface area contributed by atoms with Crippen LogP contribution in [0.4, 0.5) is 0 Å². The van der Waals surface area contributed by atoms with Crippen molar-refractivity contribution in [3.05, 3.63) is 23.3 Å². The van der Waals surface area contributed by atoms with Gasteiger partial charge in [-0.1, -0.05) is 0 Å². The molecule has 0 amide bonds. The maximum Gasteiger partial charge on any atom is 0.136 e. The highest BCUT2D eigenvalue weighted by molar-refractivity contribution is 5.55. The van der Waals surface area contributed by atoms with Crippen LogP contribution in [0.1, 0.15) is 11.1 Å².